The van der Waals surface area contributed by atoms with Gasteiger partial charge >= 0.3 is 5.97 Å². The maximum Gasteiger partial charge on any atom is 0.335 e. The first-order valence-corrected chi connectivity index (χ1v) is 14.4. The summed E-state index contributed by atoms with van der Waals surface area (Å²) < 4.78 is 14.2. The van der Waals surface area contributed by atoms with Crippen LogP contribution in [0.5, 0.6) is 5.75 Å². The van der Waals surface area contributed by atoms with Crippen molar-refractivity contribution in [1.82, 2.24) is 4.57 Å². The first-order valence-electron chi connectivity index (χ1n) is 13.6. The van der Waals surface area contributed by atoms with Crippen LogP contribution in [0.4, 0.5) is 0 Å². The third-order valence-electron chi connectivity index (χ3n) is 7.95. The van der Waals surface area contributed by atoms with E-state index in [0.717, 1.165) is 52.1 Å². The molecule has 42 heavy (non-hydrogen) atoms. The van der Waals surface area contributed by atoms with E-state index in [-0.39, 0.29) is 17.2 Å². The third-order valence-corrected chi connectivity index (χ3v) is 8.93. The normalized spacial score (nSPS) is 16.0. The van der Waals surface area contributed by atoms with E-state index in [1.807, 2.05) is 49.4 Å². The number of aromatic nitrogens is 1. The quantitative estimate of drug-likeness (QED) is 0.295. The molecule has 1 aliphatic heterocycles. The van der Waals surface area contributed by atoms with Crippen LogP contribution in [0.15, 0.2) is 98.6 Å². The molecule has 7 nitrogen and oxygen atoms in total. The third kappa shape index (κ3) is 4.23. The number of allylic oxidation sites excluding steroid dienone is 1. The molecule has 0 saturated heterocycles. The number of ether oxygens (including phenoxy) is 1. The maximum absolute atomic E-state index is 14.1. The molecule has 1 aliphatic carbocycles. The molecule has 2 aromatic heterocycles. The van der Waals surface area contributed by atoms with E-state index in [1.54, 1.807) is 36.0 Å². The number of aromatic carboxylic acids is 1. The molecule has 0 amide bonds. The molecule has 0 saturated carbocycles. The van der Waals surface area contributed by atoms with Gasteiger partial charge in [0.05, 0.1) is 28.9 Å². The van der Waals surface area contributed by atoms with Crippen molar-refractivity contribution in [3.8, 4) is 17.1 Å². The zero-order valence-corrected chi connectivity index (χ0v) is 23.8. The number of para-hydroxylation sites is 1. The van der Waals surface area contributed by atoms with E-state index in [4.69, 9.17) is 14.1 Å². The number of fused-ring (bicyclic) bond motifs is 3. The van der Waals surface area contributed by atoms with Crippen molar-refractivity contribution in [3.05, 3.63) is 138 Å². The van der Waals surface area contributed by atoms with E-state index in [1.165, 1.54) is 16.9 Å². The average Bonchev–Trinajstić information content (AvgIpc) is 3.59. The van der Waals surface area contributed by atoms with Gasteiger partial charge in [0, 0.05) is 22.8 Å². The Morgan fingerprint density at radius 3 is 2.67 bits per heavy atom. The molecular formula is C34H26N2O5S. The second-order valence-electron chi connectivity index (χ2n) is 10.4. The Morgan fingerprint density at radius 1 is 1.05 bits per heavy atom. The van der Waals surface area contributed by atoms with Crippen molar-refractivity contribution < 1.29 is 19.1 Å². The summed E-state index contributed by atoms with van der Waals surface area (Å²) in [5.74, 6) is 0.878. The van der Waals surface area contributed by atoms with E-state index >= 15 is 0 Å². The van der Waals surface area contributed by atoms with Crippen LogP contribution in [0, 0.1) is 6.92 Å². The number of hydrogen-bond acceptors (Lipinski definition) is 6. The molecule has 1 atom stereocenters. The molecule has 3 aromatic carbocycles. The molecule has 0 spiro atoms. The van der Waals surface area contributed by atoms with Crippen LogP contribution >= 0.6 is 11.3 Å². The molecule has 1 N–H and O–H groups in total. The van der Waals surface area contributed by atoms with Gasteiger partial charge in [-0.2, -0.15) is 0 Å². The number of aryl methyl sites for hydroxylation is 2. The van der Waals surface area contributed by atoms with E-state index < -0.39 is 5.97 Å². The summed E-state index contributed by atoms with van der Waals surface area (Å²) in [4.78, 5) is 31.1. The van der Waals surface area contributed by atoms with Gasteiger partial charge in [-0.1, -0.05) is 59.9 Å². The molecule has 0 radical (unpaired) electrons. The van der Waals surface area contributed by atoms with Crippen molar-refractivity contribution in [2.75, 3.05) is 7.11 Å². The van der Waals surface area contributed by atoms with Crippen molar-refractivity contribution in [3.63, 3.8) is 0 Å². The lowest BCUT2D eigenvalue weighted by Crippen LogP contribution is -2.38. The first-order chi connectivity index (χ1) is 20.4. The van der Waals surface area contributed by atoms with Crippen LogP contribution in [-0.4, -0.2) is 22.8 Å². The number of rotatable bonds is 5. The lowest BCUT2D eigenvalue weighted by atomic mass is 9.83. The fourth-order valence-corrected chi connectivity index (χ4v) is 6.95. The van der Waals surface area contributed by atoms with Gasteiger partial charge in [0.25, 0.3) is 5.56 Å². The average molecular weight is 575 g/mol. The minimum absolute atomic E-state index is 0.139. The predicted octanol–water partition coefficient (Wildman–Crippen LogP) is 5.59. The highest BCUT2D eigenvalue weighted by Crippen LogP contribution is 2.43. The standard InChI is InChI=1S/C34H26N2O5S/c1-19-17-21(33(38)39)12-14-23(19)28-16-13-22(41-28)18-29-32(37)36-31(25-9-5-6-10-27(25)40-2)26-15-11-20-7-3-4-8-24(20)30(26)35-34(36)42-29/h3-10,12-14,16-18,31H,11,15H2,1-2H3,(H,38,39)/b29-18-/t31-/m1/s1. The van der Waals surface area contributed by atoms with Crippen LogP contribution in [-0.2, 0) is 6.42 Å². The summed E-state index contributed by atoms with van der Waals surface area (Å²) >= 11 is 1.34. The Labute approximate surface area is 245 Å². The van der Waals surface area contributed by atoms with Gasteiger partial charge in [0.15, 0.2) is 4.80 Å². The molecule has 2 aliphatic rings. The number of benzene rings is 3. The first kappa shape index (κ1) is 26.0. The number of nitrogens with zero attached hydrogens (tertiary/aromatic N) is 2. The number of carboxylic acid groups (broad SMARTS) is 1. The topological polar surface area (TPSA) is 94.0 Å². The minimum Gasteiger partial charge on any atom is -0.496 e. The van der Waals surface area contributed by atoms with Crippen LogP contribution in [0.3, 0.4) is 0 Å². The lowest BCUT2D eigenvalue weighted by molar-refractivity contribution is 0.0696. The summed E-state index contributed by atoms with van der Waals surface area (Å²) in [6.45, 7) is 1.85. The fourth-order valence-electron chi connectivity index (χ4n) is 5.97. The zero-order chi connectivity index (χ0) is 29.0. The van der Waals surface area contributed by atoms with Crippen molar-refractivity contribution in [1.29, 1.82) is 0 Å². The summed E-state index contributed by atoms with van der Waals surface area (Å²) in [6, 6.07) is 24.4. The molecule has 5 aromatic rings. The largest absolute Gasteiger partial charge is 0.496 e. The molecule has 7 rings (SSSR count). The maximum atomic E-state index is 14.1. The Hall–Kier alpha value is -4.95. The van der Waals surface area contributed by atoms with Gasteiger partial charge in [0.2, 0.25) is 0 Å². The minimum atomic E-state index is -0.975. The highest BCUT2D eigenvalue weighted by molar-refractivity contribution is 7.07. The molecule has 8 heteroatoms. The second kappa shape index (κ2) is 10.2. The summed E-state index contributed by atoms with van der Waals surface area (Å²) in [6.07, 6.45) is 3.43. The zero-order valence-electron chi connectivity index (χ0n) is 23.0. The van der Waals surface area contributed by atoms with Crippen molar-refractivity contribution in [2.24, 2.45) is 4.99 Å². The Kier molecular flexibility index (Phi) is 6.28. The van der Waals surface area contributed by atoms with Gasteiger partial charge in [0.1, 0.15) is 17.3 Å². The molecule has 0 fully saturated rings. The van der Waals surface area contributed by atoms with Crippen LogP contribution in [0.2, 0.25) is 0 Å². The van der Waals surface area contributed by atoms with Gasteiger partial charge in [-0.15, -0.1) is 0 Å². The highest BCUT2D eigenvalue weighted by Gasteiger charge is 2.34. The van der Waals surface area contributed by atoms with Crippen LogP contribution in [0.25, 0.3) is 23.1 Å². The Balaban J connectivity index is 1.38. The molecular weight excluding hydrogens is 548 g/mol. The Morgan fingerprint density at radius 2 is 1.86 bits per heavy atom. The lowest BCUT2D eigenvalue weighted by Gasteiger charge is -2.31. The molecule has 0 bridgehead atoms. The van der Waals surface area contributed by atoms with Crippen molar-refractivity contribution >= 4 is 29.1 Å². The number of hydrogen-bond donors (Lipinski definition) is 1. The fraction of sp³-hybridized carbons (Fsp3) is 0.147. The highest BCUT2D eigenvalue weighted by atomic mass is 32.1. The van der Waals surface area contributed by atoms with Crippen LogP contribution < -0.4 is 19.6 Å². The van der Waals surface area contributed by atoms with Crippen LogP contribution in [0.1, 0.15) is 50.8 Å². The summed E-state index contributed by atoms with van der Waals surface area (Å²) in [7, 11) is 1.65. The second-order valence-corrected chi connectivity index (χ2v) is 11.4. The monoisotopic (exact) mass is 574 g/mol. The van der Waals surface area contributed by atoms with Crippen molar-refractivity contribution in [2.45, 2.75) is 25.8 Å². The van der Waals surface area contributed by atoms with Gasteiger partial charge in [-0.3, -0.25) is 9.36 Å². The number of carbonyl (C=O) groups is 1. The van der Waals surface area contributed by atoms with E-state index in [2.05, 4.69) is 18.2 Å². The summed E-state index contributed by atoms with van der Waals surface area (Å²) in [5, 5.41) is 9.29. The molecule has 0 unspecified atom stereocenters. The number of carboxylic acids is 1. The van der Waals surface area contributed by atoms with Gasteiger partial charge < -0.3 is 14.3 Å². The van der Waals surface area contributed by atoms with Gasteiger partial charge in [-0.25, -0.2) is 9.79 Å². The SMILES string of the molecule is COc1ccccc1[C@@H]1C2=C(N=c3s/c(=C\c4ccc(-c5ccc(C(=O)O)cc5C)o4)c(=O)n31)c1ccccc1CC2. The summed E-state index contributed by atoms with van der Waals surface area (Å²) in [5.41, 5.74) is 7.00. The number of thiazole rings is 1. The predicted molar refractivity (Wildman–Crippen MR) is 162 cm³/mol. The van der Waals surface area contributed by atoms with E-state index in [0.29, 0.717) is 20.9 Å². The number of furan rings is 1. The smallest absolute Gasteiger partial charge is 0.335 e. The Bertz CT molecular complexity index is 2110. The van der Waals surface area contributed by atoms with Gasteiger partial charge in [-0.05, 0) is 66.8 Å². The molecule has 208 valence electrons. The molecule has 3 heterocycles. The number of methoxy groups -OCH3 is 1. The van der Waals surface area contributed by atoms with E-state index in [9.17, 15) is 14.7 Å².